The molecule has 0 bridgehead atoms. The highest BCUT2D eigenvalue weighted by Crippen LogP contribution is 2.14. The Bertz CT molecular complexity index is 145. The zero-order valence-electron chi connectivity index (χ0n) is 16.1. The Morgan fingerprint density at radius 1 is 0.480 bits per heavy atom. The normalized spacial score (nSPS) is 24.0. The third-order valence-electron chi connectivity index (χ3n) is 4.11. The summed E-state index contributed by atoms with van der Waals surface area (Å²) in [5.41, 5.74) is 0. The average Bonchev–Trinajstić information content (AvgIpc) is 3.55. The van der Waals surface area contributed by atoms with E-state index in [9.17, 15) is 0 Å². The Morgan fingerprint density at radius 2 is 0.960 bits per heavy atom. The van der Waals surface area contributed by atoms with Crippen molar-refractivity contribution in [3.05, 3.63) is 0 Å². The van der Waals surface area contributed by atoms with Crippen LogP contribution in [-0.4, -0.2) is 70.9 Å². The molecular weight excluding hydrogens is 336 g/mol. The van der Waals surface area contributed by atoms with Crippen LogP contribution in [0.2, 0.25) is 0 Å². The van der Waals surface area contributed by atoms with Crippen molar-refractivity contribution in [2.45, 2.75) is 51.4 Å². The molecule has 25 heavy (non-hydrogen) atoms. The minimum absolute atomic E-state index is 0.500. The summed E-state index contributed by atoms with van der Waals surface area (Å²) in [6.07, 6.45) is 11.0. The molecule has 5 nitrogen and oxygen atoms in total. The Kier molecular flexibility index (Phi) is 19.0. The first-order valence-electron chi connectivity index (χ1n) is 10.2. The smallest absolute Gasteiger partial charge is 0.146 e. The molecule has 0 amide bonds. The van der Waals surface area contributed by atoms with Gasteiger partial charge < -0.3 is 24.8 Å². The van der Waals surface area contributed by atoms with Crippen molar-refractivity contribution < 1.29 is 14.2 Å². The summed E-state index contributed by atoms with van der Waals surface area (Å²) in [7, 11) is 0. The van der Waals surface area contributed by atoms with Gasteiger partial charge in [-0.25, -0.2) is 0 Å². The van der Waals surface area contributed by atoms with Gasteiger partial charge in [0.25, 0.3) is 0 Å². The molecule has 150 valence electrons. The first-order valence-corrected chi connectivity index (χ1v) is 11.4. The summed E-state index contributed by atoms with van der Waals surface area (Å²) in [4.78, 5) is 0. The monoisotopic (exact) mass is 376 g/mol. The van der Waals surface area contributed by atoms with Crippen LogP contribution in [0, 0.1) is 0 Å². The van der Waals surface area contributed by atoms with Crippen LogP contribution in [0.5, 0.6) is 0 Å². The van der Waals surface area contributed by atoms with E-state index in [0.29, 0.717) is 6.79 Å². The van der Waals surface area contributed by atoms with Crippen molar-refractivity contribution in [1.82, 2.24) is 10.6 Å². The lowest BCUT2D eigenvalue weighted by Gasteiger charge is -1.76. The molecule has 0 radical (unpaired) electrons. The summed E-state index contributed by atoms with van der Waals surface area (Å²) in [5, 5.41) is 6.44. The Hall–Kier alpha value is 0.150. The topological polar surface area (TPSA) is 51.8 Å². The highest BCUT2D eigenvalue weighted by molar-refractivity contribution is 7.99. The summed E-state index contributed by atoms with van der Waals surface area (Å²) >= 11 is 2.07. The van der Waals surface area contributed by atoms with Gasteiger partial charge in [-0.1, -0.05) is 0 Å². The molecule has 0 atom stereocenters. The zero-order valence-corrected chi connectivity index (χ0v) is 16.9. The number of nitrogens with one attached hydrogen (secondary N) is 2. The fourth-order valence-corrected chi connectivity index (χ4v) is 3.59. The Balaban J connectivity index is 0.000000156. The predicted molar refractivity (Wildman–Crippen MR) is 108 cm³/mol. The van der Waals surface area contributed by atoms with Gasteiger partial charge in [0.1, 0.15) is 6.79 Å². The molecule has 5 rings (SSSR count). The lowest BCUT2D eigenvalue weighted by atomic mass is 10.4. The summed E-state index contributed by atoms with van der Waals surface area (Å²) in [6, 6.07) is 0. The van der Waals surface area contributed by atoms with E-state index in [-0.39, 0.29) is 0 Å². The van der Waals surface area contributed by atoms with Crippen LogP contribution >= 0.6 is 11.8 Å². The van der Waals surface area contributed by atoms with Crippen LogP contribution < -0.4 is 10.6 Å². The predicted octanol–water partition coefficient (Wildman–Crippen LogP) is 3.04. The van der Waals surface area contributed by atoms with E-state index in [1.165, 1.54) is 89.1 Å². The lowest BCUT2D eigenvalue weighted by molar-refractivity contribution is 0.0692. The second-order valence-corrected chi connectivity index (χ2v) is 7.71. The van der Waals surface area contributed by atoms with Crippen LogP contribution in [-0.2, 0) is 14.2 Å². The molecule has 0 aromatic carbocycles. The van der Waals surface area contributed by atoms with Gasteiger partial charge in [-0.2, -0.15) is 11.8 Å². The number of hydrogen-bond acceptors (Lipinski definition) is 6. The van der Waals surface area contributed by atoms with Crippen LogP contribution in [0.1, 0.15) is 51.4 Å². The molecule has 5 saturated heterocycles. The first-order chi connectivity index (χ1) is 12.5. The van der Waals surface area contributed by atoms with Gasteiger partial charge in [-0.15, -0.1) is 0 Å². The summed E-state index contributed by atoms with van der Waals surface area (Å²) < 4.78 is 14.4. The van der Waals surface area contributed by atoms with Crippen molar-refractivity contribution in [1.29, 1.82) is 0 Å². The maximum Gasteiger partial charge on any atom is 0.146 e. The molecule has 0 spiro atoms. The molecule has 5 aliphatic rings. The molecule has 2 N–H and O–H groups in total. The van der Waals surface area contributed by atoms with Crippen LogP contribution in [0.3, 0.4) is 0 Å². The molecule has 5 aliphatic heterocycles. The second kappa shape index (κ2) is 20.5. The van der Waals surface area contributed by atoms with Gasteiger partial charge in [-0.05, 0) is 89.1 Å². The zero-order chi connectivity index (χ0) is 17.7. The minimum Gasteiger partial charge on any atom is -0.381 e. The van der Waals surface area contributed by atoms with E-state index in [2.05, 4.69) is 22.4 Å². The fourth-order valence-electron chi connectivity index (χ4n) is 2.57. The van der Waals surface area contributed by atoms with E-state index >= 15 is 0 Å². The Morgan fingerprint density at radius 3 is 1.12 bits per heavy atom. The SMILES string of the molecule is C1CCNC1.C1CCNC1.C1CCOC1.C1CCSC1.C1COCO1. The van der Waals surface area contributed by atoms with Gasteiger partial charge >= 0.3 is 0 Å². The molecular formula is C19H40N2O3S. The van der Waals surface area contributed by atoms with Crippen LogP contribution in [0.4, 0.5) is 0 Å². The van der Waals surface area contributed by atoms with E-state index in [1.54, 1.807) is 0 Å². The van der Waals surface area contributed by atoms with Crippen molar-refractivity contribution in [3.63, 3.8) is 0 Å². The molecule has 0 aromatic heterocycles. The number of ether oxygens (including phenoxy) is 3. The summed E-state index contributed by atoms with van der Waals surface area (Å²) in [6.45, 7) is 9.06. The second-order valence-electron chi connectivity index (χ2n) is 6.49. The van der Waals surface area contributed by atoms with E-state index in [4.69, 9.17) is 14.2 Å². The standard InChI is InChI=1S/2C4H9N.C4H8O.C4H8S.C3H6O2/c4*1-2-4-5-3-1;1-2-5-3-4-1/h2*5H,1-4H2;2*1-4H2;1-3H2. The van der Waals surface area contributed by atoms with Crippen LogP contribution in [0.25, 0.3) is 0 Å². The molecule has 5 fully saturated rings. The third-order valence-corrected chi connectivity index (χ3v) is 5.26. The minimum atomic E-state index is 0.500. The third kappa shape index (κ3) is 18.7. The molecule has 5 heterocycles. The highest BCUT2D eigenvalue weighted by atomic mass is 32.2. The number of thioether (sulfide) groups is 1. The number of hydrogen-bond donors (Lipinski definition) is 2. The molecule has 0 aliphatic carbocycles. The van der Waals surface area contributed by atoms with E-state index in [0.717, 1.165) is 26.4 Å². The molecule has 0 aromatic rings. The van der Waals surface area contributed by atoms with Crippen molar-refractivity contribution >= 4 is 11.8 Å². The lowest BCUT2D eigenvalue weighted by Crippen LogP contribution is -2.03. The van der Waals surface area contributed by atoms with Gasteiger partial charge in [0, 0.05) is 13.2 Å². The maximum atomic E-state index is 4.94. The van der Waals surface area contributed by atoms with Gasteiger partial charge in [0.2, 0.25) is 0 Å². The van der Waals surface area contributed by atoms with Gasteiger partial charge in [-0.3, -0.25) is 0 Å². The van der Waals surface area contributed by atoms with Gasteiger partial charge in [0.05, 0.1) is 13.2 Å². The van der Waals surface area contributed by atoms with E-state index in [1.807, 2.05) is 0 Å². The van der Waals surface area contributed by atoms with Crippen molar-refractivity contribution in [2.75, 3.05) is 70.9 Å². The quantitative estimate of drug-likeness (QED) is 0.678. The fraction of sp³-hybridized carbons (Fsp3) is 1.00. The van der Waals surface area contributed by atoms with E-state index < -0.39 is 0 Å². The highest BCUT2D eigenvalue weighted by Gasteiger charge is 1.96. The largest absolute Gasteiger partial charge is 0.381 e. The average molecular weight is 377 g/mol. The van der Waals surface area contributed by atoms with Crippen LogP contribution in [0.15, 0.2) is 0 Å². The first kappa shape index (κ1) is 23.2. The molecule has 0 unspecified atom stereocenters. The number of rotatable bonds is 0. The maximum absolute atomic E-state index is 4.94. The van der Waals surface area contributed by atoms with Gasteiger partial charge in [0.15, 0.2) is 0 Å². The molecule has 0 saturated carbocycles. The van der Waals surface area contributed by atoms with Crippen molar-refractivity contribution in [3.8, 4) is 0 Å². The Labute approximate surface area is 159 Å². The molecule has 6 heteroatoms. The van der Waals surface area contributed by atoms with Crippen molar-refractivity contribution in [2.24, 2.45) is 0 Å². The summed E-state index contributed by atoms with van der Waals surface area (Å²) in [5.74, 6) is 2.83.